The number of rotatable bonds is 3. The zero-order valence-corrected chi connectivity index (χ0v) is 20.8. The van der Waals surface area contributed by atoms with Gasteiger partial charge in [-0.05, 0) is 56.1 Å². The van der Waals surface area contributed by atoms with Gasteiger partial charge in [0.25, 0.3) is 11.1 Å². The Hall–Kier alpha value is -2.56. The van der Waals surface area contributed by atoms with Crippen LogP contribution in [0.1, 0.15) is 7.12 Å². The van der Waals surface area contributed by atoms with Crippen molar-refractivity contribution in [3.63, 3.8) is 0 Å². The molecule has 10 nitrogen and oxygen atoms in total. The van der Waals surface area contributed by atoms with E-state index in [4.69, 9.17) is 10.00 Å². The molecule has 0 aliphatic rings. The van der Waals surface area contributed by atoms with Gasteiger partial charge in [0.2, 0.25) is 11.6 Å². The van der Waals surface area contributed by atoms with Crippen molar-refractivity contribution in [2.45, 2.75) is 0 Å². The van der Waals surface area contributed by atoms with Crippen LogP contribution < -0.4 is 51.1 Å². The average Bonchev–Trinajstić information content (AvgIpc) is 2.72. The number of nitrogens with one attached hydrogen (secondary N) is 2. The minimum Gasteiger partial charge on any atom is -1.00 e. The molecule has 0 aliphatic heterocycles. The fourth-order valence-corrected chi connectivity index (χ4v) is 4.00. The Morgan fingerprint density at radius 3 is 2.35 bits per heavy atom. The second-order valence-electron chi connectivity index (χ2n) is 5.88. The van der Waals surface area contributed by atoms with Crippen molar-refractivity contribution in [2.75, 3.05) is 0 Å². The number of hydrogen-bond acceptors (Lipinski definition) is 7. The Morgan fingerprint density at radius 1 is 1.06 bits per heavy atom. The number of hydrogen-bond donors (Lipinski definition) is 2. The first-order chi connectivity index (χ1) is 14.4. The number of halogens is 2. The Balaban J connectivity index is 0.00000181. The van der Waals surface area contributed by atoms with Crippen LogP contribution >= 0.6 is 31.9 Å². The van der Waals surface area contributed by atoms with Crippen molar-refractivity contribution in [1.82, 2.24) is 25.0 Å². The molecule has 150 valence electrons. The quantitative estimate of drug-likeness (QED) is 0.323. The van der Waals surface area contributed by atoms with Gasteiger partial charge in [0.15, 0.2) is 5.75 Å². The zero-order chi connectivity index (χ0) is 21.4. The molecular formula is C18H9Br2N6NaO4. The first-order valence-electron chi connectivity index (χ1n) is 8.17. The normalized spacial score (nSPS) is 10.4. The van der Waals surface area contributed by atoms with Gasteiger partial charge in [-0.3, -0.25) is 14.6 Å². The van der Waals surface area contributed by atoms with Gasteiger partial charge in [0, 0.05) is 0 Å². The molecule has 2 heterocycles. The molecule has 0 saturated heterocycles. The molecule has 0 saturated carbocycles. The zero-order valence-electron chi connectivity index (χ0n) is 16.6. The molecule has 31 heavy (non-hydrogen) atoms. The van der Waals surface area contributed by atoms with E-state index >= 15 is 0 Å². The maximum Gasteiger partial charge on any atom is 1.00 e. The van der Waals surface area contributed by atoms with E-state index in [9.17, 15) is 14.4 Å². The Kier molecular flexibility index (Phi) is 6.93. The summed E-state index contributed by atoms with van der Waals surface area (Å²) in [6, 6.07) is 11.5. The summed E-state index contributed by atoms with van der Waals surface area (Å²) in [6.07, 6.45) is 0. The number of benzene rings is 2. The van der Waals surface area contributed by atoms with Gasteiger partial charge in [0.05, 0.1) is 25.4 Å². The molecule has 2 aromatic carbocycles. The van der Waals surface area contributed by atoms with E-state index in [1.54, 1.807) is 30.3 Å². The number of nitrogens with zero attached hydrogens (tertiary/aromatic N) is 4. The molecule has 0 unspecified atom stereocenters. The molecule has 0 spiro atoms. The number of nitriles is 1. The largest absolute Gasteiger partial charge is 1.00 e. The number of fused-ring (bicyclic) bond motifs is 1. The van der Waals surface area contributed by atoms with Crippen molar-refractivity contribution in [1.29, 1.82) is 5.26 Å². The summed E-state index contributed by atoms with van der Waals surface area (Å²) >= 11 is 6.74. The number of ether oxygens (including phenoxy) is 1. The molecule has 0 bridgehead atoms. The van der Waals surface area contributed by atoms with E-state index in [0.717, 1.165) is 4.68 Å². The molecule has 0 fully saturated rings. The number of aromatic amines is 2. The third-order valence-corrected chi connectivity index (χ3v) is 5.20. The van der Waals surface area contributed by atoms with Crippen LogP contribution in [-0.4, -0.2) is 25.0 Å². The number of H-pyrrole nitrogens is 2. The van der Waals surface area contributed by atoms with E-state index in [1.165, 1.54) is 12.1 Å². The van der Waals surface area contributed by atoms with Crippen molar-refractivity contribution in [2.24, 2.45) is 0 Å². The van der Waals surface area contributed by atoms with Crippen molar-refractivity contribution in [3.8, 4) is 23.4 Å². The summed E-state index contributed by atoms with van der Waals surface area (Å²) in [5.41, 5.74) is -2.21. The van der Waals surface area contributed by atoms with E-state index in [1.807, 2.05) is 4.98 Å². The summed E-state index contributed by atoms with van der Waals surface area (Å²) in [6.45, 7) is 0. The van der Waals surface area contributed by atoms with E-state index in [-0.39, 0.29) is 48.1 Å². The predicted octanol–water partition coefficient (Wildman–Crippen LogP) is -0.537. The van der Waals surface area contributed by atoms with E-state index in [2.05, 4.69) is 47.2 Å². The first-order valence-corrected chi connectivity index (χ1v) is 9.76. The van der Waals surface area contributed by atoms with Gasteiger partial charge in [-0.1, -0.05) is 12.1 Å². The van der Waals surface area contributed by atoms with Crippen LogP contribution in [0.3, 0.4) is 0 Å². The summed E-state index contributed by atoms with van der Waals surface area (Å²) in [4.78, 5) is 37.7. The van der Waals surface area contributed by atoms with Crippen LogP contribution in [0, 0.1) is 11.3 Å². The standard InChI is InChI=1S/C18H8Br2N6O4.Na.H/c19-11-5-8(26-18(29)22-16(28)13(7-21)25-26)6-12(20)14(11)30-17-10-4-2-1-3-9(10)15(27)23-24-17;;/h1-6H,(H,23,27)(H,22,28,29);;/q;+1;-1. The predicted molar refractivity (Wildman–Crippen MR) is 114 cm³/mol. The van der Waals surface area contributed by atoms with Gasteiger partial charge in [0.1, 0.15) is 6.07 Å². The van der Waals surface area contributed by atoms with E-state index in [0.29, 0.717) is 25.5 Å². The second kappa shape index (κ2) is 9.29. The summed E-state index contributed by atoms with van der Waals surface area (Å²) in [5, 5.41) is 20.0. The molecule has 0 atom stereocenters. The van der Waals surface area contributed by atoms with Gasteiger partial charge >= 0.3 is 35.2 Å². The van der Waals surface area contributed by atoms with Crippen molar-refractivity contribution >= 4 is 42.6 Å². The van der Waals surface area contributed by atoms with Crippen LogP contribution in [0.2, 0.25) is 0 Å². The Labute approximate surface area is 212 Å². The van der Waals surface area contributed by atoms with Crippen LogP contribution in [0.25, 0.3) is 16.5 Å². The van der Waals surface area contributed by atoms with Crippen molar-refractivity contribution < 1.29 is 35.7 Å². The monoisotopic (exact) mass is 554 g/mol. The Bertz CT molecular complexity index is 1520. The van der Waals surface area contributed by atoms with Gasteiger partial charge in [-0.2, -0.15) is 9.94 Å². The Morgan fingerprint density at radius 2 is 1.71 bits per heavy atom. The molecule has 2 aromatic heterocycles. The number of aromatic nitrogens is 5. The van der Waals surface area contributed by atoms with Crippen LogP contribution in [0.15, 0.2) is 59.7 Å². The molecule has 13 heteroatoms. The van der Waals surface area contributed by atoms with Crippen LogP contribution in [0.4, 0.5) is 0 Å². The van der Waals surface area contributed by atoms with Gasteiger partial charge < -0.3 is 6.16 Å². The van der Waals surface area contributed by atoms with E-state index < -0.39 is 16.9 Å². The third kappa shape index (κ3) is 4.41. The molecule has 4 rings (SSSR count). The SMILES string of the molecule is N#Cc1nn(-c2cc(Br)c(Oc3n[nH]c(=O)c4ccccc34)c(Br)c2)c(=O)[nH]c1=O.[H-].[Na+]. The van der Waals surface area contributed by atoms with Crippen LogP contribution in [-0.2, 0) is 0 Å². The maximum atomic E-state index is 12.1. The first kappa shape index (κ1) is 23.1. The fraction of sp³-hybridized carbons (Fsp3) is 0. The second-order valence-corrected chi connectivity index (χ2v) is 7.58. The van der Waals surface area contributed by atoms with Crippen LogP contribution in [0.5, 0.6) is 11.6 Å². The maximum absolute atomic E-state index is 12.1. The average molecular weight is 556 g/mol. The summed E-state index contributed by atoms with van der Waals surface area (Å²) in [5.74, 6) is 0.492. The molecular weight excluding hydrogens is 547 g/mol. The molecule has 0 amide bonds. The third-order valence-electron chi connectivity index (χ3n) is 4.02. The molecule has 0 radical (unpaired) electrons. The topological polar surface area (TPSA) is 147 Å². The summed E-state index contributed by atoms with van der Waals surface area (Å²) < 4.78 is 7.62. The van der Waals surface area contributed by atoms with Gasteiger partial charge in [-0.25, -0.2) is 9.89 Å². The smallest absolute Gasteiger partial charge is 1.00 e. The minimum atomic E-state index is -0.868. The van der Waals surface area contributed by atoms with Gasteiger partial charge in [-0.15, -0.1) is 10.2 Å². The molecule has 4 aromatic rings. The minimum absolute atomic E-state index is 0. The molecule has 0 aliphatic carbocycles. The van der Waals surface area contributed by atoms with Crippen molar-refractivity contribution in [3.05, 3.63) is 82.2 Å². The summed E-state index contributed by atoms with van der Waals surface area (Å²) in [7, 11) is 0. The molecule has 2 N–H and O–H groups in total. The fourth-order valence-electron chi connectivity index (χ4n) is 2.68.